The number of hydrogen-bond acceptors (Lipinski definition) is 14. The normalized spacial score (nSPS) is 17.6. The number of ether oxygens (including phenoxy) is 1. The number of carbonyl (C=O) groups is 1. The Balaban J connectivity index is 0.828. The minimum absolute atomic E-state index is 0.115. The summed E-state index contributed by atoms with van der Waals surface area (Å²) in [5.41, 5.74) is 6.22. The third-order valence-electron chi connectivity index (χ3n) is 12.6. The Morgan fingerprint density at radius 1 is 0.691 bits per heavy atom. The number of halogens is 2. The summed E-state index contributed by atoms with van der Waals surface area (Å²) in [7, 11) is 0. The summed E-state index contributed by atoms with van der Waals surface area (Å²) >= 11 is 13.2. The van der Waals surface area contributed by atoms with Gasteiger partial charge >= 0.3 is 6.09 Å². The number of benzene rings is 3. The van der Waals surface area contributed by atoms with Crippen LogP contribution in [0.1, 0.15) is 56.3 Å². The Morgan fingerprint density at radius 3 is 1.72 bits per heavy atom. The molecule has 2 saturated carbocycles. The maximum atomic E-state index is 13.8. The molecule has 19 heteroatoms. The van der Waals surface area contributed by atoms with Crippen molar-refractivity contribution in [3.63, 3.8) is 0 Å². The summed E-state index contributed by atoms with van der Waals surface area (Å²) in [6, 6.07) is 29.8. The van der Waals surface area contributed by atoms with Gasteiger partial charge in [0.05, 0.1) is 92.8 Å². The summed E-state index contributed by atoms with van der Waals surface area (Å²) in [5, 5.41) is 42.4. The first-order valence-electron chi connectivity index (χ1n) is 22.3. The van der Waals surface area contributed by atoms with Crippen molar-refractivity contribution in [1.82, 2.24) is 44.4 Å². The van der Waals surface area contributed by atoms with Crippen molar-refractivity contribution in [3.8, 4) is 34.7 Å². The largest absolute Gasteiger partial charge is 0.444 e. The number of piperidine rings is 1. The number of aromatic nitrogens is 8. The molecule has 0 bridgehead atoms. The lowest BCUT2D eigenvalue weighted by molar-refractivity contribution is 0.0297. The number of carbonyl (C=O) groups excluding carboxylic acids is 1. The highest BCUT2D eigenvalue weighted by Gasteiger charge is 2.43. The Morgan fingerprint density at radius 2 is 1.21 bits per heavy atom. The lowest BCUT2D eigenvalue weighted by Crippen LogP contribution is -2.44. The highest BCUT2D eigenvalue weighted by molar-refractivity contribution is 6.33. The van der Waals surface area contributed by atoms with Crippen LogP contribution < -0.4 is 21.3 Å². The monoisotopic (exact) mass is 945 g/mol. The van der Waals surface area contributed by atoms with Crippen molar-refractivity contribution >= 4 is 63.9 Å². The molecule has 5 heterocycles. The second-order valence-corrected chi connectivity index (χ2v) is 18.3. The van der Waals surface area contributed by atoms with Gasteiger partial charge in [-0.2, -0.15) is 20.7 Å². The zero-order valence-electron chi connectivity index (χ0n) is 36.7. The van der Waals surface area contributed by atoms with Gasteiger partial charge < -0.3 is 26.0 Å². The molecule has 1 aliphatic heterocycles. The fraction of sp³-hybridized carbons (Fsp3) is 0.286. The Labute approximate surface area is 402 Å². The van der Waals surface area contributed by atoms with E-state index in [9.17, 15) is 15.3 Å². The summed E-state index contributed by atoms with van der Waals surface area (Å²) in [6.07, 6.45) is 13.9. The van der Waals surface area contributed by atoms with Gasteiger partial charge in [-0.25, -0.2) is 29.4 Å². The van der Waals surface area contributed by atoms with E-state index in [4.69, 9.17) is 48.1 Å². The highest BCUT2D eigenvalue weighted by Crippen LogP contribution is 2.46. The average Bonchev–Trinajstić information content (AvgIpc) is 4.24. The van der Waals surface area contributed by atoms with E-state index in [-0.39, 0.29) is 23.5 Å². The molecule has 4 aromatic heterocycles. The molecule has 68 heavy (non-hydrogen) atoms. The number of amides is 1. The predicted molar refractivity (Wildman–Crippen MR) is 258 cm³/mol. The van der Waals surface area contributed by atoms with E-state index < -0.39 is 12.3 Å². The molecule has 7 aromatic rings. The van der Waals surface area contributed by atoms with Crippen molar-refractivity contribution < 1.29 is 9.53 Å². The molecule has 342 valence electrons. The number of rotatable bonds is 16. The molecule has 2 atom stereocenters. The fourth-order valence-electron chi connectivity index (χ4n) is 8.11. The molecule has 3 fully saturated rings. The van der Waals surface area contributed by atoms with Crippen LogP contribution in [-0.4, -0.2) is 70.1 Å². The summed E-state index contributed by atoms with van der Waals surface area (Å²) < 4.78 is 9.46. The Kier molecular flexibility index (Phi) is 12.2. The van der Waals surface area contributed by atoms with Crippen LogP contribution in [0.4, 0.5) is 39.4 Å². The predicted octanol–water partition coefficient (Wildman–Crippen LogP) is 10.4. The van der Waals surface area contributed by atoms with E-state index >= 15 is 0 Å². The van der Waals surface area contributed by atoms with Crippen molar-refractivity contribution in [2.45, 2.75) is 57.3 Å². The van der Waals surface area contributed by atoms with Crippen LogP contribution in [0.3, 0.4) is 0 Å². The van der Waals surface area contributed by atoms with Crippen LogP contribution in [0.15, 0.2) is 116 Å². The minimum Gasteiger partial charge on any atom is -0.444 e. The zero-order valence-corrected chi connectivity index (χ0v) is 38.2. The molecule has 17 nitrogen and oxygen atoms in total. The van der Waals surface area contributed by atoms with E-state index in [1.54, 1.807) is 34.4 Å². The zero-order chi connectivity index (χ0) is 46.7. The first-order valence-corrected chi connectivity index (χ1v) is 23.1. The van der Waals surface area contributed by atoms with Gasteiger partial charge in [-0.15, -0.1) is 0 Å². The second-order valence-electron chi connectivity index (χ2n) is 17.5. The van der Waals surface area contributed by atoms with Crippen LogP contribution in [-0.2, 0) is 11.3 Å². The molecular formula is C49H45Cl2N15O2. The molecule has 2 aliphatic carbocycles. The Hall–Kier alpha value is -7.73. The average molecular weight is 947 g/mol. The molecular weight excluding hydrogens is 902 g/mol. The first kappa shape index (κ1) is 44.1. The number of hydrogen-bond donors (Lipinski definition) is 4. The number of anilines is 6. The van der Waals surface area contributed by atoms with Gasteiger partial charge in [0.25, 0.3) is 0 Å². The molecule has 0 radical (unpaired) electrons. The third-order valence-corrected chi connectivity index (χ3v) is 13.2. The number of nitrogens with zero attached hydrogens (tertiary/aromatic N) is 11. The van der Waals surface area contributed by atoms with E-state index in [0.717, 1.165) is 53.7 Å². The molecule has 0 spiro atoms. The quantitative estimate of drug-likeness (QED) is 0.0710. The highest BCUT2D eigenvalue weighted by atomic mass is 35.5. The van der Waals surface area contributed by atoms with Gasteiger partial charge in [0, 0.05) is 54.8 Å². The van der Waals surface area contributed by atoms with Crippen LogP contribution in [0.5, 0.6) is 0 Å². The van der Waals surface area contributed by atoms with Gasteiger partial charge in [-0.3, -0.25) is 9.58 Å². The molecule has 2 unspecified atom stereocenters. The Bertz CT molecular complexity index is 3010. The van der Waals surface area contributed by atoms with Gasteiger partial charge in [-0.05, 0) is 61.9 Å². The molecule has 1 saturated heterocycles. The summed E-state index contributed by atoms with van der Waals surface area (Å²) in [6.45, 7) is 1.74. The van der Waals surface area contributed by atoms with Crippen LogP contribution >= 0.6 is 23.2 Å². The summed E-state index contributed by atoms with van der Waals surface area (Å²) in [4.78, 5) is 33.8. The van der Waals surface area contributed by atoms with Gasteiger partial charge in [0.1, 0.15) is 12.8 Å². The number of likely N-dealkylation sites (tertiary alicyclic amines) is 1. The SMILES string of the molecule is N#CC1(CNc2ccc(-c3nc(Nc4cnn(C5CCN(C(=O)OCc6ccccc6)C(n6cc(Nc7ncc(Cl)c(-c8ccc(NCC9(C#N)CC9)cc8)n7)cn6)C5)c4)ncc3Cl)cc2)CC1. The summed E-state index contributed by atoms with van der Waals surface area (Å²) in [5.74, 6) is 0.664. The topological polar surface area (TPSA) is 212 Å². The van der Waals surface area contributed by atoms with Crippen LogP contribution in [0, 0.1) is 33.5 Å². The van der Waals surface area contributed by atoms with E-state index in [2.05, 4.69) is 43.4 Å². The maximum absolute atomic E-state index is 13.8. The van der Waals surface area contributed by atoms with E-state index in [1.165, 1.54) is 0 Å². The van der Waals surface area contributed by atoms with Gasteiger partial charge in [0.15, 0.2) is 0 Å². The smallest absolute Gasteiger partial charge is 0.411 e. The van der Waals surface area contributed by atoms with Crippen LogP contribution in [0.2, 0.25) is 10.0 Å². The molecule has 10 rings (SSSR count). The first-order chi connectivity index (χ1) is 33.2. The molecule has 3 aromatic carbocycles. The van der Waals surface area contributed by atoms with Gasteiger partial charge in [-0.1, -0.05) is 77.8 Å². The number of nitriles is 2. The fourth-order valence-corrected chi connectivity index (χ4v) is 8.51. The van der Waals surface area contributed by atoms with E-state index in [0.29, 0.717) is 77.2 Å². The molecule has 1 amide bonds. The van der Waals surface area contributed by atoms with Crippen molar-refractivity contribution in [2.75, 3.05) is 40.9 Å². The van der Waals surface area contributed by atoms with Crippen LogP contribution in [0.25, 0.3) is 22.5 Å². The lowest BCUT2D eigenvalue weighted by atomic mass is 10.0. The standard InChI is InChI=1S/C49H45Cl2N15O2/c50-40-23-54-45(62-43(40)33-6-10-35(11-7-33)56-30-48(28-52)15-16-48)60-37-21-58-65(25-37)39-14-19-64(47(67)68-27-32-4-2-1-3-5-32)42(20-39)66-26-38(22-59-66)61-46-55-24-41(51)44(63-46)34-8-12-36(13-9-34)57-31-49(29-53)17-18-49/h1-13,21-26,39,42,56-57H,14-20,27,30-31H2,(H,54,60,62)(H,55,61,63). The third kappa shape index (κ3) is 10.00. The second kappa shape index (κ2) is 18.9. The molecule has 3 aliphatic rings. The lowest BCUT2D eigenvalue weighted by Gasteiger charge is -2.38. The van der Waals surface area contributed by atoms with Crippen molar-refractivity contribution in [3.05, 3.63) is 132 Å². The molecule has 4 N–H and O–H groups in total. The van der Waals surface area contributed by atoms with Crippen molar-refractivity contribution in [1.29, 1.82) is 10.5 Å². The van der Waals surface area contributed by atoms with Gasteiger partial charge in [0.2, 0.25) is 11.9 Å². The van der Waals surface area contributed by atoms with Crippen molar-refractivity contribution in [2.24, 2.45) is 10.8 Å². The minimum atomic E-state index is -0.533. The maximum Gasteiger partial charge on any atom is 0.411 e. The van der Waals surface area contributed by atoms with E-state index in [1.807, 2.05) is 95.9 Å². The number of nitrogens with one attached hydrogen (secondary N) is 4.